The Balaban J connectivity index is 1.68. The first-order valence-electron chi connectivity index (χ1n) is 7.27. The maximum absolute atomic E-state index is 9.30. The molecule has 4 heteroatoms. The van der Waals surface area contributed by atoms with Crippen LogP contribution in [0.1, 0.15) is 26.7 Å². The van der Waals surface area contributed by atoms with Gasteiger partial charge in [0.05, 0.1) is 18.8 Å². The molecule has 1 aliphatic heterocycles. The van der Waals surface area contributed by atoms with Gasteiger partial charge in [-0.25, -0.2) is 0 Å². The molecule has 1 unspecified atom stereocenters. The molecule has 0 aromatic carbocycles. The van der Waals surface area contributed by atoms with E-state index in [1.165, 1.54) is 0 Å². The summed E-state index contributed by atoms with van der Waals surface area (Å²) >= 11 is 0. The molecule has 0 spiro atoms. The van der Waals surface area contributed by atoms with Crippen molar-refractivity contribution in [2.24, 2.45) is 5.92 Å². The highest BCUT2D eigenvalue weighted by Crippen LogP contribution is 2.27. The fourth-order valence-corrected chi connectivity index (χ4v) is 3.03. The molecule has 0 radical (unpaired) electrons. The fourth-order valence-electron chi connectivity index (χ4n) is 3.03. The van der Waals surface area contributed by atoms with E-state index in [1.807, 2.05) is 0 Å². The van der Waals surface area contributed by atoms with Crippen LogP contribution in [0, 0.1) is 5.92 Å². The highest BCUT2D eigenvalue weighted by molar-refractivity contribution is 4.82. The van der Waals surface area contributed by atoms with Crippen LogP contribution in [-0.4, -0.2) is 73.0 Å². The number of ether oxygens (including phenoxy) is 1. The molecule has 1 N–H and O–H groups in total. The van der Waals surface area contributed by atoms with Crippen LogP contribution in [0.4, 0.5) is 0 Å². The summed E-state index contributed by atoms with van der Waals surface area (Å²) in [6.07, 6.45) is 2.27. The molecule has 0 bridgehead atoms. The van der Waals surface area contributed by atoms with Crippen LogP contribution in [-0.2, 0) is 4.74 Å². The third-order valence-corrected chi connectivity index (χ3v) is 4.20. The van der Waals surface area contributed by atoms with Crippen molar-refractivity contribution in [3.8, 4) is 0 Å². The molecule has 2 aliphatic rings. The van der Waals surface area contributed by atoms with Crippen molar-refractivity contribution in [2.45, 2.75) is 44.9 Å². The normalized spacial score (nSPS) is 34.0. The van der Waals surface area contributed by atoms with Crippen LogP contribution in [0.2, 0.25) is 0 Å². The molecular weight excluding hydrogens is 228 g/mol. The molecule has 1 saturated carbocycles. The second kappa shape index (κ2) is 6.33. The van der Waals surface area contributed by atoms with E-state index >= 15 is 0 Å². The van der Waals surface area contributed by atoms with E-state index in [-0.39, 0.29) is 6.10 Å². The van der Waals surface area contributed by atoms with E-state index in [0.29, 0.717) is 18.1 Å². The summed E-state index contributed by atoms with van der Waals surface area (Å²) in [7, 11) is 2.17. The van der Waals surface area contributed by atoms with Gasteiger partial charge < -0.3 is 14.7 Å². The number of aliphatic hydroxyl groups is 1. The number of hydrogen-bond donors (Lipinski definition) is 1. The van der Waals surface area contributed by atoms with Crippen molar-refractivity contribution in [1.82, 2.24) is 9.80 Å². The Hall–Kier alpha value is -0.160. The van der Waals surface area contributed by atoms with Gasteiger partial charge in [0.25, 0.3) is 0 Å². The van der Waals surface area contributed by atoms with Crippen molar-refractivity contribution >= 4 is 0 Å². The van der Waals surface area contributed by atoms with Gasteiger partial charge in [-0.15, -0.1) is 0 Å². The predicted molar refractivity (Wildman–Crippen MR) is 72.7 cm³/mol. The zero-order chi connectivity index (χ0) is 13.1. The van der Waals surface area contributed by atoms with Crippen molar-refractivity contribution in [2.75, 3.05) is 39.8 Å². The summed E-state index contributed by atoms with van der Waals surface area (Å²) in [5.41, 5.74) is 0. The van der Waals surface area contributed by atoms with Crippen LogP contribution in [0.25, 0.3) is 0 Å². The molecule has 1 heterocycles. The standard InChI is InChI=1S/C14H28N2O2/c1-11(2)16-4-5-18-14(10-16)9-15(3)8-12-6-13(17)7-12/h11-14,17H,4-10H2,1-3H3. The molecule has 1 atom stereocenters. The number of nitrogens with zero attached hydrogens (tertiary/aromatic N) is 2. The second-order valence-electron chi connectivity index (χ2n) is 6.29. The van der Waals surface area contributed by atoms with E-state index in [4.69, 9.17) is 4.74 Å². The first-order valence-corrected chi connectivity index (χ1v) is 7.27. The predicted octanol–water partition coefficient (Wildman–Crippen LogP) is 0.798. The van der Waals surface area contributed by atoms with Gasteiger partial charge in [-0.05, 0) is 39.7 Å². The molecule has 18 heavy (non-hydrogen) atoms. The third kappa shape index (κ3) is 3.92. The summed E-state index contributed by atoms with van der Waals surface area (Å²) in [4.78, 5) is 4.86. The fraction of sp³-hybridized carbons (Fsp3) is 1.00. The minimum absolute atomic E-state index is 0.0363. The Morgan fingerprint density at radius 2 is 2.06 bits per heavy atom. The van der Waals surface area contributed by atoms with Crippen molar-refractivity contribution in [1.29, 1.82) is 0 Å². The lowest BCUT2D eigenvalue weighted by atomic mass is 9.82. The van der Waals surface area contributed by atoms with Crippen molar-refractivity contribution in [3.63, 3.8) is 0 Å². The van der Waals surface area contributed by atoms with Gasteiger partial charge in [0.1, 0.15) is 0 Å². The molecule has 0 amide bonds. The Morgan fingerprint density at radius 3 is 2.67 bits per heavy atom. The van der Waals surface area contributed by atoms with Crippen LogP contribution in [0.15, 0.2) is 0 Å². The molecule has 1 aliphatic carbocycles. The first-order chi connectivity index (χ1) is 8.54. The van der Waals surface area contributed by atoms with Crippen molar-refractivity contribution in [3.05, 3.63) is 0 Å². The molecule has 2 fully saturated rings. The van der Waals surface area contributed by atoms with E-state index in [1.54, 1.807) is 0 Å². The second-order valence-corrected chi connectivity index (χ2v) is 6.29. The summed E-state index contributed by atoms with van der Waals surface area (Å²) in [5.74, 6) is 0.690. The quantitative estimate of drug-likeness (QED) is 0.789. The molecular formula is C14H28N2O2. The lowest BCUT2D eigenvalue weighted by molar-refractivity contribution is -0.0544. The maximum atomic E-state index is 9.30. The van der Waals surface area contributed by atoms with Crippen molar-refractivity contribution < 1.29 is 9.84 Å². The largest absolute Gasteiger partial charge is 0.393 e. The number of rotatable bonds is 5. The van der Waals surface area contributed by atoms with E-state index in [0.717, 1.165) is 45.6 Å². The summed E-state index contributed by atoms with van der Waals surface area (Å²) < 4.78 is 5.85. The molecule has 1 saturated heterocycles. The van der Waals surface area contributed by atoms with Crippen LogP contribution in [0.3, 0.4) is 0 Å². The van der Waals surface area contributed by atoms with Gasteiger partial charge in [0, 0.05) is 32.2 Å². The highest BCUT2D eigenvalue weighted by atomic mass is 16.5. The van der Waals surface area contributed by atoms with Gasteiger partial charge in [-0.3, -0.25) is 4.90 Å². The zero-order valence-electron chi connectivity index (χ0n) is 12.0. The Bertz CT molecular complexity index is 254. The van der Waals surface area contributed by atoms with Crippen LogP contribution >= 0.6 is 0 Å². The minimum atomic E-state index is -0.0363. The number of morpholine rings is 1. The van der Waals surface area contributed by atoms with E-state index in [9.17, 15) is 5.11 Å². The van der Waals surface area contributed by atoms with Gasteiger partial charge >= 0.3 is 0 Å². The van der Waals surface area contributed by atoms with Gasteiger partial charge in [0.2, 0.25) is 0 Å². The summed E-state index contributed by atoms with van der Waals surface area (Å²) in [6, 6.07) is 0.614. The Labute approximate surface area is 111 Å². The zero-order valence-corrected chi connectivity index (χ0v) is 12.0. The molecule has 0 aromatic heterocycles. The smallest absolute Gasteiger partial charge is 0.0829 e. The topological polar surface area (TPSA) is 35.9 Å². The lowest BCUT2D eigenvalue weighted by Gasteiger charge is -2.39. The average molecular weight is 256 g/mol. The molecule has 4 nitrogen and oxygen atoms in total. The molecule has 2 rings (SSSR count). The lowest BCUT2D eigenvalue weighted by Crippen LogP contribution is -2.50. The molecule has 106 valence electrons. The monoisotopic (exact) mass is 256 g/mol. The number of hydrogen-bond acceptors (Lipinski definition) is 4. The highest BCUT2D eigenvalue weighted by Gasteiger charge is 2.29. The maximum Gasteiger partial charge on any atom is 0.0829 e. The average Bonchev–Trinajstić information content (AvgIpc) is 2.27. The SMILES string of the molecule is CC(C)N1CCOC(CN(C)CC2CC(O)C2)C1. The Morgan fingerprint density at radius 1 is 1.33 bits per heavy atom. The van der Waals surface area contributed by atoms with E-state index < -0.39 is 0 Å². The number of likely N-dealkylation sites (N-methyl/N-ethyl adjacent to an activating group) is 1. The Kier molecular flexibility index (Phi) is 5.01. The third-order valence-electron chi connectivity index (χ3n) is 4.20. The van der Waals surface area contributed by atoms with Gasteiger partial charge in [-0.1, -0.05) is 0 Å². The molecule has 0 aromatic rings. The number of aliphatic hydroxyl groups excluding tert-OH is 1. The first kappa shape index (κ1) is 14.3. The van der Waals surface area contributed by atoms with Gasteiger partial charge in [-0.2, -0.15) is 0 Å². The summed E-state index contributed by atoms with van der Waals surface area (Å²) in [6.45, 7) is 9.58. The van der Waals surface area contributed by atoms with E-state index in [2.05, 4.69) is 30.7 Å². The summed E-state index contributed by atoms with van der Waals surface area (Å²) in [5, 5.41) is 9.30. The van der Waals surface area contributed by atoms with Crippen LogP contribution < -0.4 is 0 Å². The van der Waals surface area contributed by atoms with Gasteiger partial charge in [0.15, 0.2) is 0 Å². The minimum Gasteiger partial charge on any atom is -0.393 e. The van der Waals surface area contributed by atoms with Crippen LogP contribution in [0.5, 0.6) is 0 Å².